The highest BCUT2D eigenvalue weighted by atomic mass is 16.6. The molecule has 0 unspecified atom stereocenters. The number of hydrogen-bond donors (Lipinski definition) is 2. The van der Waals surface area contributed by atoms with E-state index in [1.54, 1.807) is 0 Å². The van der Waals surface area contributed by atoms with E-state index in [4.69, 9.17) is 20.7 Å². The molecule has 0 saturated heterocycles. The smallest absolute Gasteiger partial charge is 0.359 e. The van der Waals surface area contributed by atoms with Gasteiger partial charge in [0.1, 0.15) is 6.20 Å². The van der Waals surface area contributed by atoms with E-state index in [1.807, 2.05) is 0 Å². The van der Waals surface area contributed by atoms with Crippen LogP contribution >= 0.6 is 0 Å². The highest BCUT2D eigenvalue weighted by molar-refractivity contribution is 5.87. The summed E-state index contributed by atoms with van der Waals surface area (Å²) in [7, 11) is 0. The number of carboxylic acids is 1. The fourth-order valence-electron chi connectivity index (χ4n) is 0.897. The van der Waals surface area contributed by atoms with Gasteiger partial charge in [-0.25, -0.2) is 14.9 Å². The van der Waals surface area contributed by atoms with Crippen LogP contribution in [0.5, 0.6) is 11.8 Å². The Kier molecular flexibility index (Phi) is 2.27. The zero-order valence-corrected chi connectivity index (χ0v) is 7.67. The van der Waals surface area contributed by atoms with E-state index in [-0.39, 0.29) is 23.4 Å². The highest BCUT2D eigenvalue weighted by Crippen LogP contribution is 2.21. The van der Waals surface area contributed by atoms with Crippen molar-refractivity contribution in [1.29, 1.82) is 0 Å². The number of oxazole rings is 1. The molecule has 0 bridgehead atoms. The first-order valence-corrected chi connectivity index (χ1v) is 3.95. The van der Waals surface area contributed by atoms with Gasteiger partial charge in [0.2, 0.25) is 5.69 Å². The molecule has 0 saturated carbocycles. The SMILES string of the molecule is C#Cc1ncc(Oc2nn[nH]c2C(=O)O)o1. The van der Waals surface area contributed by atoms with Gasteiger partial charge in [-0.1, -0.05) is 10.3 Å². The van der Waals surface area contributed by atoms with Gasteiger partial charge in [-0.2, -0.15) is 0 Å². The number of hydrogen-bond acceptors (Lipinski definition) is 6. The average Bonchev–Trinajstić information content (AvgIpc) is 2.87. The Morgan fingerprint density at radius 1 is 1.69 bits per heavy atom. The molecule has 0 radical (unpaired) electrons. The summed E-state index contributed by atoms with van der Waals surface area (Å²) >= 11 is 0. The van der Waals surface area contributed by atoms with Crippen molar-refractivity contribution < 1.29 is 19.1 Å². The van der Waals surface area contributed by atoms with Crippen LogP contribution in [0.15, 0.2) is 10.6 Å². The van der Waals surface area contributed by atoms with Gasteiger partial charge in [-0.3, -0.25) is 0 Å². The first kappa shape index (κ1) is 9.72. The molecule has 16 heavy (non-hydrogen) atoms. The minimum absolute atomic E-state index is 0.0235. The summed E-state index contributed by atoms with van der Waals surface area (Å²) in [5.74, 6) is 0.622. The number of aromatic amines is 1. The van der Waals surface area contributed by atoms with Gasteiger partial charge in [0.15, 0.2) is 0 Å². The molecule has 0 aliphatic rings. The minimum atomic E-state index is -1.25. The molecule has 0 aliphatic carbocycles. The zero-order chi connectivity index (χ0) is 11.5. The maximum atomic E-state index is 10.7. The largest absolute Gasteiger partial charge is 0.476 e. The molecular weight excluding hydrogens is 216 g/mol. The molecule has 0 spiro atoms. The Labute approximate surface area is 88.3 Å². The summed E-state index contributed by atoms with van der Waals surface area (Å²) < 4.78 is 9.88. The van der Waals surface area contributed by atoms with E-state index < -0.39 is 5.97 Å². The number of H-pyrrole nitrogens is 1. The van der Waals surface area contributed by atoms with Crippen LogP contribution in [0.2, 0.25) is 0 Å². The summed E-state index contributed by atoms with van der Waals surface area (Å²) in [6, 6.07) is 0. The molecule has 0 atom stereocenters. The molecule has 2 heterocycles. The number of rotatable bonds is 3. The van der Waals surface area contributed by atoms with Crippen molar-refractivity contribution in [2.45, 2.75) is 0 Å². The third-order valence-electron chi connectivity index (χ3n) is 1.54. The third-order valence-corrected chi connectivity index (χ3v) is 1.54. The van der Waals surface area contributed by atoms with Crippen molar-refractivity contribution >= 4 is 5.97 Å². The van der Waals surface area contributed by atoms with E-state index in [9.17, 15) is 4.79 Å². The Hall–Kier alpha value is -2.82. The van der Waals surface area contributed by atoms with Gasteiger partial charge in [0.05, 0.1) is 0 Å². The van der Waals surface area contributed by atoms with Gasteiger partial charge in [-0.15, -0.1) is 6.42 Å². The fraction of sp³-hybridized carbons (Fsp3) is 0. The van der Waals surface area contributed by atoms with E-state index in [2.05, 4.69) is 26.3 Å². The van der Waals surface area contributed by atoms with E-state index in [0.717, 1.165) is 0 Å². The first-order chi connectivity index (χ1) is 7.70. The van der Waals surface area contributed by atoms with E-state index in [0.29, 0.717) is 0 Å². The van der Waals surface area contributed by atoms with Crippen molar-refractivity contribution in [2.24, 2.45) is 0 Å². The number of carboxylic acid groups (broad SMARTS) is 1. The molecule has 8 nitrogen and oxygen atoms in total. The first-order valence-electron chi connectivity index (χ1n) is 3.95. The summed E-state index contributed by atoms with van der Waals surface area (Å²) in [4.78, 5) is 14.3. The standard InChI is InChI=1S/C8H4N4O4/c1-2-4-9-3-5(15-4)16-7-6(8(13)14)10-12-11-7/h1,3H,(H,13,14)(H,10,11,12). The van der Waals surface area contributed by atoms with E-state index in [1.165, 1.54) is 6.20 Å². The lowest BCUT2D eigenvalue weighted by Crippen LogP contribution is -1.99. The second-order valence-electron chi connectivity index (χ2n) is 2.53. The Bertz CT molecular complexity index is 565. The van der Waals surface area contributed by atoms with Crippen LogP contribution in [0, 0.1) is 12.3 Å². The number of nitrogens with zero attached hydrogens (tertiary/aromatic N) is 3. The molecule has 2 aromatic rings. The van der Waals surface area contributed by atoms with Gasteiger partial charge in [0.25, 0.3) is 11.8 Å². The van der Waals surface area contributed by atoms with Crippen LogP contribution in [0.3, 0.4) is 0 Å². The quantitative estimate of drug-likeness (QED) is 0.713. The summed E-state index contributed by atoms with van der Waals surface area (Å²) in [6.45, 7) is 0. The van der Waals surface area contributed by atoms with Crippen molar-refractivity contribution in [3.05, 3.63) is 17.8 Å². The summed E-state index contributed by atoms with van der Waals surface area (Å²) in [5, 5.41) is 17.6. The zero-order valence-electron chi connectivity index (χ0n) is 7.67. The average molecular weight is 220 g/mol. The second kappa shape index (κ2) is 3.74. The maximum absolute atomic E-state index is 10.7. The monoisotopic (exact) mass is 220 g/mol. The molecule has 0 amide bonds. The number of nitrogens with one attached hydrogen (secondary N) is 1. The second-order valence-corrected chi connectivity index (χ2v) is 2.53. The predicted octanol–water partition coefficient (Wildman–Crippen LogP) is 0.264. The molecule has 2 N–H and O–H groups in total. The Balaban J connectivity index is 2.24. The molecule has 80 valence electrons. The number of aromatic carboxylic acids is 1. The highest BCUT2D eigenvalue weighted by Gasteiger charge is 2.17. The van der Waals surface area contributed by atoms with Crippen LogP contribution in [0.25, 0.3) is 0 Å². The maximum Gasteiger partial charge on any atom is 0.359 e. The normalized spacial score (nSPS) is 9.69. The molecule has 0 aliphatic heterocycles. The van der Waals surface area contributed by atoms with Crippen LogP contribution in [-0.2, 0) is 0 Å². The number of terminal acetylenes is 1. The van der Waals surface area contributed by atoms with Gasteiger partial charge < -0.3 is 14.3 Å². The van der Waals surface area contributed by atoms with Crippen LogP contribution in [0.4, 0.5) is 0 Å². The molecular formula is C8H4N4O4. The predicted molar refractivity (Wildman–Crippen MR) is 47.9 cm³/mol. The molecule has 0 aromatic carbocycles. The summed E-state index contributed by atoms with van der Waals surface area (Å²) in [5.41, 5.74) is -0.293. The van der Waals surface area contributed by atoms with Crippen molar-refractivity contribution in [3.63, 3.8) is 0 Å². The number of aromatic nitrogens is 4. The van der Waals surface area contributed by atoms with Crippen molar-refractivity contribution in [2.75, 3.05) is 0 Å². The molecule has 0 fully saturated rings. The Morgan fingerprint density at radius 3 is 3.12 bits per heavy atom. The lowest BCUT2D eigenvalue weighted by atomic mass is 10.5. The minimum Gasteiger partial charge on any atom is -0.476 e. The van der Waals surface area contributed by atoms with Gasteiger partial charge in [-0.05, 0) is 5.92 Å². The topological polar surface area (TPSA) is 114 Å². The molecule has 8 heteroatoms. The van der Waals surface area contributed by atoms with Gasteiger partial charge in [0, 0.05) is 0 Å². The number of carbonyl (C=O) groups is 1. The van der Waals surface area contributed by atoms with E-state index >= 15 is 0 Å². The van der Waals surface area contributed by atoms with Crippen LogP contribution in [-0.4, -0.2) is 31.5 Å². The number of ether oxygens (including phenoxy) is 1. The van der Waals surface area contributed by atoms with Crippen molar-refractivity contribution in [3.8, 4) is 24.2 Å². The summed E-state index contributed by atoms with van der Waals surface area (Å²) in [6.07, 6.45) is 6.23. The molecule has 2 aromatic heterocycles. The van der Waals surface area contributed by atoms with Crippen LogP contribution < -0.4 is 4.74 Å². The molecule has 2 rings (SSSR count). The van der Waals surface area contributed by atoms with Gasteiger partial charge >= 0.3 is 11.9 Å². The van der Waals surface area contributed by atoms with Crippen molar-refractivity contribution in [1.82, 2.24) is 20.4 Å². The Morgan fingerprint density at radius 2 is 2.50 bits per heavy atom. The van der Waals surface area contributed by atoms with Crippen LogP contribution in [0.1, 0.15) is 16.4 Å². The lowest BCUT2D eigenvalue weighted by molar-refractivity contribution is 0.0687. The third kappa shape index (κ3) is 1.69. The fourth-order valence-corrected chi connectivity index (χ4v) is 0.897. The lowest BCUT2D eigenvalue weighted by Gasteiger charge is -1.95.